The molecule has 0 aliphatic carbocycles. The molecule has 0 radical (unpaired) electrons. The van der Waals surface area contributed by atoms with Crippen LogP contribution in [-0.4, -0.2) is 58.1 Å². The maximum absolute atomic E-state index is 13.5. The lowest BCUT2D eigenvalue weighted by Gasteiger charge is -2.33. The van der Waals surface area contributed by atoms with Crippen LogP contribution in [0.25, 0.3) is 11.1 Å². The van der Waals surface area contributed by atoms with Crippen molar-refractivity contribution in [3.63, 3.8) is 0 Å². The van der Waals surface area contributed by atoms with Crippen molar-refractivity contribution in [2.75, 3.05) is 32.1 Å². The third-order valence-corrected chi connectivity index (χ3v) is 5.64. The molecule has 2 aromatic heterocycles. The zero-order valence-corrected chi connectivity index (χ0v) is 18.6. The highest BCUT2D eigenvalue weighted by Gasteiger charge is 2.28. The van der Waals surface area contributed by atoms with E-state index in [4.69, 9.17) is 9.51 Å². The van der Waals surface area contributed by atoms with E-state index in [1.165, 1.54) is 12.1 Å². The smallest absolute Gasteiger partial charge is 0.227 e. The van der Waals surface area contributed by atoms with Gasteiger partial charge in [-0.1, -0.05) is 17.3 Å². The second-order valence-corrected chi connectivity index (χ2v) is 8.28. The molecule has 1 amide bonds. The first-order valence-electron chi connectivity index (χ1n) is 10.8. The molecule has 0 bridgehead atoms. The molecule has 168 valence electrons. The lowest BCUT2D eigenvalue weighted by molar-refractivity contribution is -0.132. The van der Waals surface area contributed by atoms with Crippen molar-refractivity contribution in [2.45, 2.75) is 38.5 Å². The number of carbonyl (C=O) groups excluding carboxylic acids is 1. The van der Waals surface area contributed by atoms with Gasteiger partial charge >= 0.3 is 0 Å². The van der Waals surface area contributed by atoms with E-state index in [0.29, 0.717) is 37.0 Å². The van der Waals surface area contributed by atoms with E-state index < -0.39 is 0 Å². The van der Waals surface area contributed by atoms with Gasteiger partial charge in [-0.05, 0) is 37.5 Å². The Balaban J connectivity index is 1.55. The van der Waals surface area contributed by atoms with Gasteiger partial charge in [-0.25, -0.2) is 14.4 Å². The normalized spacial score (nSPS) is 16.2. The molecule has 8 nitrogen and oxygen atoms in total. The zero-order chi connectivity index (χ0) is 22.7. The zero-order valence-electron chi connectivity index (χ0n) is 18.6. The number of aromatic nitrogens is 4. The number of hydrogen-bond donors (Lipinski definition) is 0. The number of hydrogen-bond acceptors (Lipinski definition) is 7. The maximum atomic E-state index is 13.5. The number of aryl methyl sites for hydroxylation is 2. The molecule has 1 saturated heterocycles. The fraction of sp³-hybridized carbons (Fsp3) is 0.435. The average molecular weight is 439 g/mol. The summed E-state index contributed by atoms with van der Waals surface area (Å²) in [6, 6.07) is 6.36. The second kappa shape index (κ2) is 9.42. The van der Waals surface area contributed by atoms with E-state index in [-0.39, 0.29) is 17.6 Å². The SMILES string of the molecule is Cc1noc(CCC(=O)N2CCCC(c3nc(N(C)C)ncc3-c3ccc(F)cc3)C2)n1. The summed E-state index contributed by atoms with van der Waals surface area (Å²) in [5.74, 6) is 1.51. The van der Waals surface area contributed by atoms with Gasteiger partial charge in [0.2, 0.25) is 17.7 Å². The Bertz CT molecular complexity index is 1080. The molecule has 1 atom stereocenters. The van der Waals surface area contributed by atoms with Gasteiger partial charge in [0, 0.05) is 57.7 Å². The molecular formula is C23H27FN6O2. The predicted molar refractivity (Wildman–Crippen MR) is 118 cm³/mol. The fourth-order valence-corrected chi connectivity index (χ4v) is 4.00. The predicted octanol–water partition coefficient (Wildman–Crippen LogP) is 3.38. The summed E-state index contributed by atoms with van der Waals surface area (Å²) in [4.78, 5) is 30.1. The topological polar surface area (TPSA) is 88.3 Å². The molecule has 9 heteroatoms. The number of carbonyl (C=O) groups is 1. The van der Waals surface area contributed by atoms with Crippen LogP contribution in [0.4, 0.5) is 10.3 Å². The monoisotopic (exact) mass is 438 g/mol. The molecule has 3 heterocycles. The Labute approximate surface area is 186 Å². The van der Waals surface area contributed by atoms with Gasteiger partial charge in [0.25, 0.3) is 0 Å². The quantitative estimate of drug-likeness (QED) is 0.583. The summed E-state index contributed by atoms with van der Waals surface area (Å²) in [6.07, 6.45) is 4.36. The largest absolute Gasteiger partial charge is 0.347 e. The van der Waals surface area contributed by atoms with E-state index in [0.717, 1.165) is 36.2 Å². The lowest BCUT2D eigenvalue weighted by Crippen LogP contribution is -2.39. The minimum Gasteiger partial charge on any atom is -0.347 e. The Morgan fingerprint density at radius 1 is 1.25 bits per heavy atom. The van der Waals surface area contributed by atoms with Crippen LogP contribution < -0.4 is 4.90 Å². The molecule has 1 unspecified atom stereocenters. The van der Waals surface area contributed by atoms with Crippen molar-refractivity contribution < 1.29 is 13.7 Å². The summed E-state index contributed by atoms with van der Waals surface area (Å²) >= 11 is 0. The highest BCUT2D eigenvalue weighted by molar-refractivity contribution is 5.76. The van der Waals surface area contributed by atoms with Crippen LogP contribution in [0.2, 0.25) is 0 Å². The maximum Gasteiger partial charge on any atom is 0.227 e. The second-order valence-electron chi connectivity index (χ2n) is 8.28. The minimum absolute atomic E-state index is 0.0655. The average Bonchev–Trinajstić information content (AvgIpc) is 3.22. The van der Waals surface area contributed by atoms with E-state index in [9.17, 15) is 9.18 Å². The molecule has 3 aromatic rings. The molecule has 1 aromatic carbocycles. The fourth-order valence-electron chi connectivity index (χ4n) is 4.00. The molecule has 1 fully saturated rings. The number of nitrogens with zero attached hydrogens (tertiary/aromatic N) is 6. The number of benzene rings is 1. The Morgan fingerprint density at radius 3 is 2.72 bits per heavy atom. The molecule has 1 aliphatic rings. The Hall–Kier alpha value is -3.36. The summed E-state index contributed by atoms with van der Waals surface area (Å²) in [5, 5.41) is 3.77. The Morgan fingerprint density at radius 2 is 2.03 bits per heavy atom. The van der Waals surface area contributed by atoms with Crippen molar-refractivity contribution in [3.8, 4) is 11.1 Å². The highest BCUT2D eigenvalue weighted by Crippen LogP contribution is 2.34. The number of halogens is 1. The van der Waals surface area contributed by atoms with Crippen molar-refractivity contribution in [1.29, 1.82) is 0 Å². The number of anilines is 1. The van der Waals surface area contributed by atoms with E-state index >= 15 is 0 Å². The van der Waals surface area contributed by atoms with Gasteiger partial charge in [0.15, 0.2) is 5.82 Å². The van der Waals surface area contributed by atoms with Gasteiger partial charge in [0.1, 0.15) is 5.82 Å². The number of amides is 1. The van der Waals surface area contributed by atoms with Crippen LogP contribution >= 0.6 is 0 Å². The third kappa shape index (κ3) is 4.92. The van der Waals surface area contributed by atoms with Crippen LogP contribution in [0.3, 0.4) is 0 Å². The van der Waals surface area contributed by atoms with Crippen LogP contribution in [0, 0.1) is 12.7 Å². The first kappa shape index (κ1) is 21.9. The van der Waals surface area contributed by atoms with E-state index in [2.05, 4.69) is 15.1 Å². The van der Waals surface area contributed by atoms with Crippen molar-refractivity contribution in [3.05, 3.63) is 53.7 Å². The lowest BCUT2D eigenvalue weighted by atomic mass is 9.89. The van der Waals surface area contributed by atoms with Gasteiger partial charge in [-0.15, -0.1) is 0 Å². The number of likely N-dealkylation sites (tertiary alicyclic amines) is 1. The molecule has 0 N–H and O–H groups in total. The van der Waals surface area contributed by atoms with Gasteiger partial charge < -0.3 is 14.3 Å². The number of rotatable bonds is 6. The van der Waals surface area contributed by atoms with Crippen LogP contribution in [-0.2, 0) is 11.2 Å². The molecule has 0 spiro atoms. The number of piperidine rings is 1. The molecular weight excluding hydrogens is 411 g/mol. The van der Waals surface area contributed by atoms with Crippen molar-refractivity contribution in [1.82, 2.24) is 25.0 Å². The summed E-state index contributed by atoms with van der Waals surface area (Å²) in [5.41, 5.74) is 2.62. The van der Waals surface area contributed by atoms with Crippen LogP contribution in [0.5, 0.6) is 0 Å². The summed E-state index contributed by atoms with van der Waals surface area (Å²) in [6.45, 7) is 3.06. The van der Waals surface area contributed by atoms with Crippen LogP contribution in [0.1, 0.15) is 42.6 Å². The summed E-state index contributed by atoms with van der Waals surface area (Å²) < 4.78 is 18.6. The first-order chi connectivity index (χ1) is 15.4. The van der Waals surface area contributed by atoms with Crippen molar-refractivity contribution >= 4 is 11.9 Å². The van der Waals surface area contributed by atoms with Crippen LogP contribution in [0.15, 0.2) is 35.0 Å². The summed E-state index contributed by atoms with van der Waals surface area (Å²) in [7, 11) is 3.79. The standard InChI is InChI=1S/C23H27FN6O2/c1-15-26-20(32-28-15)10-11-21(31)30-12-4-5-17(14-30)22-19(13-25-23(27-22)29(2)3)16-6-8-18(24)9-7-16/h6-9,13,17H,4-5,10-12,14H2,1-3H3. The van der Waals surface area contributed by atoms with Gasteiger partial charge in [0.05, 0.1) is 5.69 Å². The minimum atomic E-state index is -0.285. The molecule has 1 aliphatic heterocycles. The molecule has 32 heavy (non-hydrogen) atoms. The van der Waals surface area contributed by atoms with Gasteiger partial charge in [-0.3, -0.25) is 4.79 Å². The molecule has 0 saturated carbocycles. The van der Waals surface area contributed by atoms with E-state index in [1.54, 1.807) is 25.3 Å². The highest BCUT2D eigenvalue weighted by atomic mass is 19.1. The Kier molecular flexibility index (Phi) is 6.43. The first-order valence-corrected chi connectivity index (χ1v) is 10.8. The van der Waals surface area contributed by atoms with E-state index in [1.807, 2.05) is 23.9 Å². The van der Waals surface area contributed by atoms with Gasteiger partial charge in [-0.2, -0.15) is 4.98 Å². The van der Waals surface area contributed by atoms with Crippen molar-refractivity contribution in [2.24, 2.45) is 0 Å². The molecule has 4 rings (SSSR count). The third-order valence-electron chi connectivity index (χ3n) is 5.64.